The average molecular weight is 455 g/mol. The molecule has 0 bridgehead atoms. The second-order valence-corrected chi connectivity index (χ2v) is 12.8. The van der Waals surface area contributed by atoms with E-state index in [2.05, 4.69) is 5.32 Å². The van der Waals surface area contributed by atoms with Crippen molar-refractivity contribution in [2.75, 3.05) is 0 Å². The molecule has 0 saturated carbocycles. The molecule has 1 amide bonds. The summed E-state index contributed by atoms with van der Waals surface area (Å²) in [6.45, 7) is 6.08. The van der Waals surface area contributed by atoms with Crippen LogP contribution in [0.25, 0.3) is 0 Å². The lowest BCUT2D eigenvalue weighted by atomic mass is 9.91. The number of ether oxygens (including phenoxy) is 1. The van der Waals surface area contributed by atoms with Crippen LogP contribution in [-0.2, 0) is 9.53 Å². The van der Waals surface area contributed by atoms with Gasteiger partial charge in [0.15, 0.2) is 3.79 Å². The van der Waals surface area contributed by atoms with Gasteiger partial charge in [0.25, 0.3) is 0 Å². The van der Waals surface area contributed by atoms with Crippen LogP contribution in [0, 0.1) is 5.92 Å². The van der Waals surface area contributed by atoms with Crippen molar-refractivity contribution >= 4 is 86.1 Å². The number of alkyl halides is 3. The number of carboxylic acid groups (broad SMARTS) is 1. The van der Waals surface area contributed by atoms with Crippen molar-refractivity contribution in [2.45, 2.75) is 53.6 Å². The van der Waals surface area contributed by atoms with E-state index in [1.54, 1.807) is 0 Å². The summed E-state index contributed by atoms with van der Waals surface area (Å²) in [4.78, 5) is 22.8. The van der Waals surface area contributed by atoms with Crippen LogP contribution < -0.4 is 5.32 Å². The minimum absolute atomic E-state index is 0.0558. The zero-order valence-corrected chi connectivity index (χ0v) is 17.9. The van der Waals surface area contributed by atoms with Gasteiger partial charge >= 0.3 is 6.16 Å². The fourth-order valence-corrected chi connectivity index (χ4v) is 5.93. The minimum Gasteiger partial charge on any atom is -0.450 e. The van der Waals surface area contributed by atoms with E-state index in [0.717, 1.165) is 0 Å². The van der Waals surface area contributed by atoms with Crippen LogP contribution in [0.15, 0.2) is 0 Å². The second kappa shape index (κ2) is 8.86. The summed E-state index contributed by atoms with van der Waals surface area (Å²) in [6, 6.07) is 0. The predicted molar refractivity (Wildman–Crippen MR) is 105 cm³/mol. The summed E-state index contributed by atoms with van der Waals surface area (Å²) < 4.78 is 3.91. The molecule has 1 unspecified atom stereocenters. The van der Waals surface area contributed by atoms with Gasteiger partial charge in [0.2, 0.25) is 5.91 Å². The molecule has 5 nitrogen and oxygen atoms in total. The number of hydrogen-bond donors (Lipinski definition) is 2. The molecular formula is C13H18Cl3NO4S3. The van der Waals surface area contributed by atoms with Gasteiger partial charge in [0.1, 0.15) is 15.6 Å². The summed E-state index contributed by atoms with van der Waals surface area (Å²) in [5.41, 5.74) is 0. The van der Waals surface area contributed by atoms with Crippen LogP contribution in [0.2, 0.25) is 0 Å². The quantitative estimate of drug-likeness (QED) is 0.267. The molecule has 3 atom stereocenters. The van der Waals surface area contributed by atoms with Crippen LogP contribution in [0.3, 0.4) is 0 Å². The molecule has 0 aliphatic carbocycles. The fourth-order valence-electron chi connectivity index (χ4n) is 1.96. The largest absolute Gasteiger partial charge is 0.506 e. The Bertz CT molecular complexity index is 508. The van der Waals surface area contributed by atoms with Crippen molar-refractivity contribution in [1.82, 2.24) is 5.32 Å². The maximum atomic E-state index is 11.9. The Morgan fingerprint density at radius 1 is 1.42 bits per heavy atom. The highest BCUT2D eigenvalue weighted by Crippen LogP contribution is 2.40. The van der Waals surface area contributed by atoms with E-state index in [9.17, 15) is 9.59 Å². The standard InChI is InChI=1S/C13H18Cl3NO4S3/c1-12(2,3)24-11(22)23-9-7(8(18)17-9)6(21-10(19)20)4-5-13(14,15)16/h6-7,9H,4-5H2,1-3H3,(H,17,18)(H,19,20)/t6?,7-,9-/m1/s1. The van der Waals surface area contributed by atoms with E-state index in [1.807, 2.05) is 20.8 Å². The van der Waals surface area contributed by atoms with E-state index in [4.69, 9.17) is 56.9 Å². The van der Waals surface area contributed by atoms with Crippen LogP contribution in [-0.4, -0.2) is 40.7 Å². The highest BCUT2D eigenvalue weighted by molar-refractivity contribution is 8.47. The molecule has 1 aliphatic heterocycles. The van der Waals surface area contributed by atoms with Gasteiger partial charge in [-0.05, 0) is 12.8 Å². The Hall–Kier alpha value is 0.400. The SMILES string of the molecule is CC(C)(C)SC(=S)S[C@H]1NC(=O)[C@H]1C(CCC(Cl)(Cl)Cl)OC(=O)O. The molecule has 1 aliphatic rings. The topological polar surface area (TPSA) is 75.6 Å². The summed E-state index contributed by atoms with van der Waals surface area (Å²) in [7, 11) is 0. The molecule has 1 saturated heterocycles. The number of carbonyl (C=O) groups excluding carboxylic acids is 1. The summed E-state index contributed by atoms with van der Waals surface area (Å²) in [5, 5.41) is 11.2. The van der Waals surface area contributed by atoms with Crippen molar-refractivity contribution in [3.05, 3.63) is 0 Å². The van der Waals surface area contributed by atoms with Gasteiger partial charge in [-0.1, -0.05) is 79.6 Å². The number of rotatable bonds is 5. The summed E-state index contributed by atoms with van der Waals surface area (Å²) in [6.07, 6.45) is -2.18. The maximum absolute atomic E-state index is 11.9. The van der Waals surface area contributed by atoms with Crippen molar-refractivity contribution in [3.63, 3.8) is 0 Å². The Kier molecular flexibility index (Phi) is 8.29. The molecule has 0 aromatic heterocycles. The molecule has 0 aromatic rings. The molecule has 24 heavy (non-hydrogen) atoms. The van der Waals surface area contributed by atoms with E-state index < -0.39 is 22.0 Å². The van der Waals surface area contributed by atoms with Crippen LogP contribution in [0.5, 0.6) is 0 Å². The van der Waals surface area contributed by atoms with E-state index >= 15 is 0 Å². The van der Waals surface area contributed by atoms with Gasteiger partial charge in [-0.25, -0.2) is 4.79 Å². The number of halogens is 3. The minimum atomic E-state index is -1.54. The highest BCUT2D eigenvalue weighted by atomic mass is 35.6. The van der Waals surface area contributed by atoms with Crippen LogP contribution in [0.1, 0.15) is 33.6 Å². The lowest BCUT2D eigenvalue weighted by molar-refractivity contribution is -0.138. The number of amides is 1. The van der Waals surface area contributed by atoms with Crippen molar-refractivity contribution < 1.29 is 19.4 Å². The van der Waals surface area contributed by atoms with Gasteiger partial charge in [-0.3, -0.25) is 4.79 Å². The van der Waals surface area contributed by atoms with Gasteiger partial charge in [0, 0.05) is 4.75 Å². The second-order valence-electron chi connectivity index (χ2n) is 6.11. The van der Waals surface area contributed by atoms with Crippen molar-refractivity contribution in [2.24, 2.45) is 5.92 Å². The smallest absolute Gasteiger partial charge is 0.450 e. The highest BCUT2D eigenvalue weighted by Gasteiger charge is 2.48. The first-order valence-electron chi connectivity index (χ1n) is 6.95. The first-order chi connectivity index (χ1) is 10.8. The van der Waals surface area contributed by atoms with Gasteiger partial charge in [-0.2, -0.15) is 0 Å². The van der Waals surface area contributed by atoms with Gasteiger partial charge in [-0.15, -0.1) is 11.8 Å². The lowest BCUT2D eigenvalue weighted by Gasteiger charge is -2.40. The molecule has 1 rings (SSSR count). The summed E-state index contributed by atoms with van der Waals surface area (Å²) in [5.74, 6) is -0.969. The van der Waals surface area contributed by atoms with Crippen molar-refractivity contribution in [1.29, 1.82) is 0 Å². The monoisotopic (exact) mass is 453 g/mol. The Balaban J connectivity index is 2.73. The molecule has 138 valence electrons. The third-order valence-electron chi connectivity index (χ3n) is 2.89. The fraction of sp³-hybridized carbons (Fsp3) is 0.769. The van der Waals surface area contributed by atoms with E-state index in [0.29, 0.717) is 3.53 Å². The number of thioether (sulfide) groups is 2. The van der Waals surface area contributed by atoms with Crippen molar-refractivity contribution in [3.8, 4) is 0 Å². The molecule has 1 heterocycles. The molecule has 2 N–H and O–H groups in total. The number of nitrogens with one attached hydrogen (secondary N) is 1. The van der Waals surface area contributed by atoms with E-state index in [1.165, 1.54) is 23.5 Å². The Morgan fingerprint density at radius 3 is 2.42 bits per heavy atom. The third-order valence-corrected chi connectivity index (χ3v) is 6.17. The lowest BCUT2D eigenvalue weighted by Crippen LogP contribution is -2.61. The zero-order chi connectivity index (χ0) is 18.7. The van der Waals surface area contributed by atoms with Gasteiger partial charge in [0.05, 0.1) is 5.37 Å². The first kappa shape index (κ1) is 22.4. The number of hydrogen-bond acceptors (Lipinski definition) is 6. The molecule has 0 spiro atoms. The zero-order valence-electron chi connectivity index (χ0n) is 13.2. The Morgan fingerprint density at radius 2 is 2.00 bits per heavy atom. The molecule has 0 radical (unpaired) electrons. The van der Waals surface area contributed by atoms with Crippen LogP contribution >= 0.6 is 70.5 Å². The predicted octanol–water partition coefficient (Wildman–Crippen LogP) is 4.82. The number of carbonyl (C=O) groups is 2. The molecule has 11 heteroatoms. The molecule has 1 fully saturated rings. The number of β-lactam (4-membered cyclic amide) rings is 1. The van der Waals surface area contributed by atoms with Gasteiger partial charge < -0.3 is 15.2 Å². The normalized spacial score (nSPS) is 22.3. The van der Waals surface area contributed by atoms with Crippen LogP contribution in [0.4, 0.5) is 4.79 Å². The van der Waals surface area contributed by atoms with E-state index in [-0.39, 0.29) is 28.9 Å². The first-order valence-corrected chi connectivity index (χ1v) is 10.2. The Labute approximate surface area is 169 Å². The summed E-state index contributed by atoms with van der Waals surface area (Å²) >= 11 is 25.3. The maximum Gasteiger partial charge on any atom is 0.506 e. The third kappa shape index (κ3) is 8.19. The molecular weight excluding hydrogens is 437 g/mol. The average Bonchev–Trinajstić information content (AvgIpc) is 2.31. The number of thiocarbonyl (C=S) groups is 1. The molecule has 0 aromatic carbocycles.